The zero-order chi connectivity index (χ0) is 32.8. The number of piperidine rings is 1. The first-order valence-corrected chi connectivity index (χ1v) is 14.4. The highest BCUT2D eigenvalue weighted by atomic mass is 127. The molecule has 1 aliphatic carbocycles. The lowest BCUT2D eigenvalue weighted by Crippen LogP contribution is -2.39. The molecule has 0 aromatic carbocycles. The Balaban J connectivity index is 0.000000248. The summed E-state index contributed by atoms with van der Waals surface area (Å²) >= 11 is 12.6. The van der Waals surface area contributed by atoms with Crippen LogP contribution in [-0.2, 0) is 12.4 Å². The Kier molecular flexibility index (Phi) is 13.4. The van der Waals surface area contributed by atoms with Crippen LogP contribution in [0.4, 0.5) is 58.4 Å². The highest BCUT2D eigenvalue weighted by Crippen LogP contribution is 2.41. The second-order valence-corrected chi connectivity index (χ2v) is 11.6. The summed E-state index contributed by atoms with van der Waals surface area (Å²) in [6, 6.07) is 2.21. The average molecular weight is 792 g/mol. The average Bonchev–Trinajstić information content (AvgIpc) is 2.87. The van der Waals surface area contributed by atoms with E-state index in [4.69, 9.17) is 23.2 Å². The molecule has 2 aliphatic rings. The molecule has 0 spiro atoms. The molecule has 3 heterocycles. The summed E-state index contributed by atoms with van der Waals surface area (Å²) in [5.74, 6) is -2.47. The lowest BCUT2D eigenvalue weighted by Gasteiger charge is -2.35. The molecule has 244 valence electrons. The molecule has 0 radical (unpaired) electrons. The third-order valence-corrected chi connectivity index (χ3v) is 7.95. The van der Waals surface area contributed by atoms with E-state index in [9.17, 15) is 52.7 Å². The fraction of sp³-hybridized carbons (Fsp3) is 0.600. The van der Waals surface area contributed by atoms with Crippen LogP contribution in [0.2, 0.25) is 10.3 Å². The first-order valence-electron chi connectivity index (χ1n) is 12.6. The Morgan fingerprint density at radius 1 is 0.628 bits per heavy atom. The molecular formula is C25H24Cl2F12IN3. The topological polar surface area (TPSA) is 29.0 Å². The van der Waals surface area contributed by atoms with Gasteiger partial charge < -0.3 is 4.90 Å². The van der Waals surface area contributed by atoms with Crippen LogP contribution in [0.25, 0.3) is 0 Å². The number of pyridine rings is 2. The van der Waals surface area contributed by atoms with E-state index in [-0.39, 0.29) is 45.5 Å². The van der Waals surface area contributed by atoms with Gasteiger partial charge in [0.2, 0.25) is 0 Å². The van der Waals surface area contributed by atoms with Gasteiger partial charge in [-0.3, -0.25) is 0 Å². The number of alkyl halides is 12. The molecule has 1 aliphatic heterocycles. The Morgan fingerprint density at radius 3 is 1.44 bits per heavy atom. The van der Waals surface area contributed by atoms with Crippen molar-refractivity contribution in [2.24, 2.45) is 11.8 Å². The Hall–Kier alpha value is -1.43. The van der Waals surface area contributed by atoms with Crippen LogP contribution in [-0.4, -0.2) is 35.4 Å². The highest BCUT2D eigenvalue weighted by molar-refractivity contribution is 14.1. The van der Waals surface area contributed by atoms with E-state index in [1.165, 1.54) is 11.0 Å². The van der Waals surface area contributed by atoms with E-state index in [1.54, 1.807) is 22.6 Å². The van der Waals surface area contributed by atoms with Crippen molar-refractivity contribution in [1.29, 1.82) is 0 Å². The van der Waals surface area contributed by atoms with Gasteiger partial charge >= 0.3 is 24.7 Å². The smallest absolute Gasteiger partial charge is 0.371 e. The van der Waals surface area contributed by atoms with E-state index >= 15 is 0 Å². The van der Waals surface area contributed by atoms with Crippen LogP contribution in [0.1, 0.15) is 56.1 Å². The van der Waals surface area contributed by atoms with E-state index in [1.807, 2.05) is 0 Å². The summed E-state index contributed by atoms with van der Waals surface area (Å²) in [7, 11) is 0. The third-order valence-electron chi connectivity index (χ3n) is 6.65. The molecule has 2 fully saturated rings. The number of aromatic nitrogens is 2. The van der Waals surface area contributed by atoms with Gasteiger partial charge in [0.25, 0.3) is 0 Å². The Morgan fingerprint density at radius 2 is 1.05 bits per heavy atom. The van der Waals surface area contributed by atoms with Crippen molar-refractivity contribution in [3.05, 3.63) is 49.5 Å². The number of nitrogens with zero attached hydrogens (tertiary/aromatic N) is 3. The minimum atomic E-state index is -4.63. The molecule has 0 unspecified atom stereocenters. The van der Waals surface area contributed by atoms with E-state index < -0.39 is 47.7 Å². The summed E-state index contributed by atoms with van der Waals surface area (Å²) in [4.78, 5) is 8.02. The van der Waals surface area contributed by atoms with Gasteiger partial charge in [-0.1, -0.05) is 42.5 Å². The molecular weight excluding hydrogens is 768 g/mol. The van der Waals surface area contributed by atoms with Gasteiger partial charge in [0.15, 0.2) is 0 Å². The molecule has 0 atom stereocenters. The van der Waals surface area contributed by atoms with Gasteiger partial charge in [0.05, 0.1) is 28.7 Å². The van der Waals surface area contributed by atoms with Crippen LogP contribution in [0.3, 0.4) is 0 Å². The normalized spacial score (nSPS) is 17.5. The van der Waals surface area contributed by atoms with Crippen molar-refractivity contribution in [3.8, 4) is 0 Å². The van der Waals surface area contributed by atoms with Crippen molar-refractivity contribution < 1.29 is 52.7 Å². The Labute approximate surface area is 262 Å². The van der Waals surface area contributed by atoms with Crippen molar-refractivity contribution in [3.63, 3.8) is 0 Å². The lowest BCUT2D eigenvalue weighted by atomic mass is 9.89. The van der Waals surface area contributed by atoms with Gasteiger partial charge in [0.1, 0.15) is 10.3 Å². The highest BCUT2D eigenvalue weighted by Gasteiger charge is 2.43. The first kappa shape index (κ1) is 37.8. The second-order valence-electron chi connectivity index (χ2n) is 9.69. The van der Waals surface area contributed by atoms with Crippen molar-refractivity contribution >= 4 is 51.5 Å². The summed E-state index contributed by atoms with van der Waals surface area (Å²) in [6.45, 7) is -0.207. The van der Waals surface area contributed by atoms with Gasteiger partial charge in [0, 0.05) is 29.1 Å². The molecule has 0 bridgehead atoms. The SMILES string of the molecule is FC(F)(F)C1CCCCC1.FC(F)(F)c1cnc(Cl)cc1I.FC(F)(F)c1cnc(Cl)cc1N1CCC(C(F)(F)F)CC1. The monoisotopic (exact) mass is 791 g/mol. The van der Waals surface area contributed by atoms with E-state index in [0.29, 0.717) is 19.0 Å². The second kappa shape index (κ2) is 15.2. The van der Waals surface area contributed by atoms with Crippen LogP contribution in [0.15, 0.2) is 24.5 Å². The van der Waals surface area contributed by atoms with Gasteiger partial charge in [-0.2, -0.15) is 52.7 Å². The van der Waals surface area contributed by atoms with Gasteiger partial charge in [-0.05, 0) is 60.4 Å². The third kappa shape index (κ3) is 12.1. The van der Waals surface area contributed by atoms with E-state index in [2.05, 4.69) is 9.97 Å². The van der Waals surface area contributed by atoms with Crippen molar-refractivity contribution in [2.45, 2.75) is 69.7 Å². The molecule has 18 heteroatoms. The molecule has 0 N–H and O–H groups in total. The molecule has 3 nitrogen and oxygen atoms in total. The number of anilines is 1. The number of halogens is 15. The summed E-state index contributed by atoms with van der Waals surface area (Å²) in [5, 5.41) is -0.0663. The number of rotatable bonds is 1. The molecule has 0 amide bonds. The molecule has 2 aromatic heterocycles. The maximum absolute atomic E-state index is 12.9. The predicted molar refractivity (Wildman–Crippen MR) is 145 cm³/mol. The lowest BCUT2D eigenvalue weighted by molar-refractivity contribution is -0.181. The van der Waals surface area contributed by atoms with Crippen molar-refractivity contribution in [2.75, 3.05) is 18.0 Å². The molecule has 43 heavy (non-hydrogen) atoms. The summed E-state index contributed by atoms with van der Waals surface area (Å²) < 4.78 is 149. The molecule has 2 aromatic rings. The number of hydrogen-bond acceptors (Lipinski definition) is 3. The first-order chi connectivity index (χ1) is 19.6. The maximum Gasteiger partial charge on any atom is 0.419 e. The van der Waals surface area contributed by atoms with Crippen molar-refractivity contribution in [1.82, 2.24) is 9.97 Å². The fourth-order valence-corrected chi connectivity index (χ4v) is 5.63. The van der Waals surface area contributed by atoms with Gasteiger partial charge in [-0.25, -0.2) is 9.97 Å². The number of hydrogen-bond donors (Lipinski definition) is 0. The molecule has 4 rings (SSSR count). The largest absolute Gasteiger partial charge is 0.419 e. The standard InChI is InChI=1S/C12H11ClF6N2.C7H11F3.C6H2ClF3IN/c13-10-5-9(8(6-20-10)12(17,18)19)21-3-1-7(2-4-21)11(14,15)16;8-7(9,10)6-4-2-1-3-5-6;7-5-1-4(11)3(2-12-5)6(8,9)10/h5-7H,1-4H2;6H,1-5H2;1-2H. The van der Waals surface area contributed by atoms with Crippen LogP contribution in [0.5, 0.6) is 0 Å². The van der Waals surface area contributed by atoms with Crippen LogP contribution < -0.4 is 4.90 Å². The minimum absolute atomic E-state index is 0.0556. The maximum atomic E-state index is 12.9. The van der Waals surface area contributed by atoms with Crippen LogP contribution in [0, 0.1) is 15.4 Å². The van der Waals surface area contributed by atoms with Gasteiger partial charge in [-0.15, -0.1) is 0 Å². The summed E-state index contributed by atoms with van der Waals surface area (Å²) in [5.41, 5.74) is -1.96. The quantitative estimate of drug-likeness (QED) is 0.164. The Bertz CT molecular complexity index is 1170. The zero-order valence-electron chi connectivity index (χ0n) is 21.8. The fourth-order valence-electron chi connectivity index (χ4n) is 4.39. The molecule has 1 saturated carbocycles. The molecule has 1 saturated heterocycles. The minimum Gasteiger partial charge on any atom is -0.371 e. The summed E-state index contributed by atoms with van der Waals surface area (Å²) in [6.07, 6.45) is -13.2. The van der Waals surface area contributed by atoms with Crippen LogP contribution >= 0.6 is 45.8 Å². The predicted octanol–water partition coefficient (Wildman–Crippen LogP) is 11.0. The van der Waals surface area contributed by atoms with E-state index in [0.717, 1.165) is 31.5 Å². The zero-order valence-corrected chi connectivity index (χ0v) is 25.5.